The smallest absolute Gasteiger partial charge is 0.114 e. The zero-order valence-corrected chi connectivity index (χ0v) is 4.80. The van der Waals surface area contributed by atoms with E-state index in [9.17, 15) is 4.39 Å². The third kappa shape index (κ3) is 2.09. The Bertz CT molecular complexity index is 45.0. The van der Waals surface area contributed by atoms with Crippen molar-refractivity contribution < 1.29 is 4.39 Å². The molecule has 0 bridgehead atoms. The van der Waals surface area contributed by atoms with Gasteiger partial charge in [-0.15, -0.1) is 12.4 Å². The van der Waals surface area contributed by atoms with Crippen LogP contribution in [-0.4, -0.2) is 19.3 Å². The Morgan fingerprint density at radius 3 is 2.43 bits per heavy atom. The fraction of sp³-hybridized carbons (Fsp3) is 1.00. The van der Waals surface area contributed by atoms with E-state index in [2.05, 4.69) is 5.32 Å². The summed E-state index contributed by atoms with van der Waals surface area (Å²) in [5.74, 6) is 0. The summed E-state index contributed by atoms with van der Waals surface area (Å²) in [6, 6.07) is 0. The molecule has 0 aromatic carbocycles. The summed E-state index contributed by atoms with van der Waals surface area (Å²) in [4.78, 5) is 0. The van der Waals surface area contributed by atoms with E-state index in [1.165, 1.54) is 0 Å². The molecule has 1 rings (SSSR count). The Kier molecular flexibility index (Phi) is 3.30. The summed E-state index contributed by atoms with van der Waals surface area (Å²) < 4.78 is 11.9. The van der Waals surface area contributed by atoms with Crippen LogP contribution in [0, 0.1) is 0 Å². The number of halogens is 2. The van der Waals surface area contributed by atoms with Crippen LogP contribution in [0.4, 0.5) is 4.39 Å². The third-order valence-electron chi connectivity index (χ3n) is 1.00. The highest BCUT2D eigenvalue weighted by atomic mass is 35.5. The minimum atomic E-state index is -0.565. The van der Waals surface area contributed by atoms with Gasteiger partial charge in [-0.3, -0.25) is 0 Å². The molecule has 1 atom stereocenters. The zero-order valence-electron chi connectivity index (χ0n) is 3.98. The van der Waals surface area contributed by atoms with Gasteiger partial charge in [0.1, 0.15) is 6.17 Å². The van der Waals surface area contributed by atoms with Crippen LogP contribution in [0.25, 0.3) is 0 Å². The Morgan fingerprint density at radius 1 is 1.57 bits per heavy atom. The molecule has 0 amide bonds. The molecule has 1 saturated heterocycles. The van der Waals surface area contributed by atoms with E-state index in [1.807, 2.05) is 0 Å². The van der Waals surface area contributed by atoms with Gasteiger partial charge in [-0.1, -0.05) is 0 Å². The largest absolute Gasteiger partial charge is 0.314 e. The molecule has 0 radical (unpaired) electrons. The van der Waals surface area contributed by atoms with Gasteiger partial charge in [-0.25, -0.2) is 4.39 Å². The third-order valence-corrected chi connectivity index (χ3v) is 1.00. The summed E-state index contributed by atoms with van der Waals surface area (Å²) in [7, 11) is 0. The van der Waals surface area contributed by atoms with Gasteiger partial charge in [0, 0.05) is 6.54 Å². The van der Waals surface area contributed by atoms with Crippen molar-refractivity contribution in [2.75, 3.05) is 13.1 Å². The lowest BCUT2D eigenvalue weighted by Gasteiger charge is -1.86. The van der Waals surface area contributed by atoms with Gasteiger partial charge in [0.05, 0.1) is 0 Å². The second-order valence-corrected chi connectivity index (χ2v) is 1.59. The Hall–Kier alpha value is 0.180. The van der Waals surface area contributed by atoms with Crippen molar-refractivity contribution in [1.29, 1.82) is 0 Å². The maximum absolute atomic E-state index is 11.9. The molecule has 7 heavy (non-hydrogen) atoms. The van der Waals surface area contributed by atoms with Crippen LogP contribution in [0.15, 0.2) is 0 Å². The quantitative estimate of drug-likeness (QED) is 0.504. The van der Waals surface area contributed by atoms with E-state index < -0.39 is 6.17 Å². The minimum absolute atomic E-state index is 0. The van der Waals surface area contributed by atoms with E-state index >= 15 is 0 Å². The summed E-state index contributed by atoms with van der Waals surface area (Å²) in [6.07, 6.45) is 0.144. The zero-order chi connectivity index (χ0) is 4.41. The van der Waals surface area contributed by atoms with E-state index in [0.29, 0.717) is 13.0 Å². The van der Waals surface area contributed by atoms with Crippen molar-refractivity contribution in [2.24, 2.45) is 0 Å². The van der Waals surface area contributed by atoms with Crippen LogP contribution in [-0.2, 0) is 0 Å². The van der Waals surface area contributed by atoms with Crippen LogP contribution in [0.5, 0.6) is 0 Å². The SMILES string of the molecule is Cl.FC1CCNC1. The summed E-state index contributed by atoms with van der Waals surface area (Å²) in [5.41, 5.74) is 0. The second kappa shape index (κ2) is 3.22. The molecule has 0 aromatic heterocycles. The molecule has 1 fully saturated rings. The van der Waals surface area contributed by atoms with Crippen molar-refractivity contribution in [3.05, 3.63) is 0 Å². The topological polar surface area (TPSA) is 12.0 Å². The van der Waals surface area contributed by atoms with Crippen LogP contribution >= 0.6 is 12.4 Å². The second-order valence-electron chi connectivity index (χ2n) is 1.59. The van der Waals surface area contributed by atoms with E-state index in [0.717, 1.165) is 6.54 Å². The molecule has 1 N–H and O–H groups in total. The van der Waals surface area contributed by atoms with Crippen LogP contribution in [0.3, 0.4) is 0 Å². The molecule has 1 heterocycles. The highest BCUT2D eigenvalue weighted by Crippen LogP contribution is 1.99. The predicted molar refractivity (Wildman–Crippen MR) is 29.6 cm³/mol. The standard InChI is InChI=1S/C4H8FN.ClH/c5-4-1-2-6-3-4;/h4,6H,1-3H2;1H. The van der Waals surface area contributed by atoms with Gasteiger partial charge in [0.2, 0.25) is 0 Å². The van der Waals surface area contributed by atoms with Gasteiger partial charge in [0.15, 0.2) is 0 Å². The first kappa shape index (κ1) is 7.18. The lowest BCUT2D eigenvalue weighted by atomic mass is 10.4. The average molecular weight is 126 g/mol. The molecule has 1 aliphatic heterocycles. The van der Waals surface area contributed by atoms with Crippen LogP contribution < -0.4 is 5.32 Å². The van der Waals surface area contributed by atoms with Gasteiger partial charge in [0.25, 0.3) is 0 Å². The molecule has 1 unspecified atom stereocenters. The molecule has 1 nitrogen and oxygen atoms in total. The predicted octanol–water partition coefficient (Wildman–Crippen LogP) is 0.740. The Balaban J connectivity index is 0.000000360. The number of nitrogens with one attached hydrogen (secondary N) is 1. The molecule has 3 heteroatoms. The molecule has 44 valence electrons. The summed E-state index contributed by atoms with van der Waals surface area (Å²) in [5, 5.41) is 2.90. The average Bonchev–Trinajstić information content (AvgIpc) is 1.86. The highest BCUT2D eigenvalue weighted by molar-refractivity contribution is 5.85. The lowest BCUT2D eigenvalue weighted by molar-refractivity contribution is 0.361. The van der Waals surface area contributed by atoms with Crippen molar-refractivity contribution in [2.45, 2.75) is 12.6 Å². The van der Waals surface area contributed by atoms with Gasteiger partial charge in [-0.05, 0) is 13.0 Å². The minimum Gasteiger partial charge on any atom is -0.314 e. The molecule has 0 spiro atoms. The number of hydrogen-bond acceptors (Lipinski definition) is 1. The van der Waals surface area contributed by atoms with Crippen molar-refractivity contribution in [3.63, 3.8) is 0 Å². The van der Waals surface area contributed by atoms with Crippen LogP contribution in [0.1, 0.15) is 6.42 Å². The summed E-state index contributed by atoms with van der Waals surface area (Å²) >= 11 is 0. The first-order chi connectivity index (χ1) is 2.89. The van der Waals surface area contributed by atoms with Gasteiger partial charge < -0.3 is 5.32 Å². The van der Waals surface area contributed by atoms with Gasteiger partial charge in [-0.2, -0.15) is 0 Å². The van der Waals surface area contributed by atoms with Crippen molar-refractivity contribution in [3.8, 4) is 0 Å². The summed E-state index contributed by atoms with van der Waals surface area (Å²) in [6.45, 7) is 1.43. The number of rotatable bonds is 0. The lowest BCUT2D eigenvalue weighted by Crippen LogP contribution is -2.08. The fourth-order valence-electron chi connectivity index (χ4n) is 0.619. The normalized spacial score (nSPS) is 29.6. The molecule has 1 aliphatic rings. The molecular formula is C4H9ClFN. The first-order valence-corrected chi connectivity index (χ1v) is 2.24. The first-order valence-electron chi connectivity index (χ1n) is 2.24. The monoisotopic (exact) mass is 125 g/mol. The van der Waals surface area contributed by atoms with E-state index in [4.69, 9.17) is 0 Å². The maximum Gasteiger partial charge on any atom is 0.114 e. The van der Waals surface area contributed by atoms with E-state index in [-0.39, 0.29) is 12.4 Å². The Morgan fingerprint density at radius 2 is 2.29 bits per heavy atom. The van der Waals surface area contributed by atoms with E-state index in [1.54, 1.807) is 0 Å². The number of hydrogen-bond donors (Lipinski definition) is 1. The number of alkyl halides is 1. The van der Waals surface area contributed by atoms with Crippen LogP contribution in [0.2, 0.25) is 0 Å². The maximum atomic E-state index is 11.9. The fourth-order valence-corrected chi connectivity index (χ4v) is 0.619. The molecule has 0 aromatic rings. The van der Waals surface area contributed by atoms with Gasteiger partial charge >= 0.3 is 0 Å². The highest BCUT2D eigenvalue weighted by Gasteiger charge is 2.10. The molecule has 0 aliphatic carbocycles. The van der Waals surface area contributed by atoms with Crippen molar-refractivity contribution in [1.82, 2.24) is 5.32 Å². The van der Waals surface area contributed by atoms with Crippen molar-refractivity contribution >= 4 is 12.4 Å². The molecular weight excluding hydrogens is 117 g/mol. The molecule has 0 saturated carbocycles. The Labute approximate surface area is 48.7 Å².